The van der Waals surface area contributed by atoms with E-state index in [4.69, 9.17) is 9.47 Å². The highest BCUT2D eigenvalue weighted by Gasteiger charge is 2.29. The number of carbonyl (C=O) groups is 2. The summed E-state index contributed by atoms with van der Waals surface area (Å²) in [6.45, 7) is 8.91. The van der Waals surface area contributed by atoms with Gasteiger partial charge in [0.1, 0.15) is 5.60 Å². The molecule has 3 rings (SSSR count). The number of rotatable bonds is 7. The maximum atomic E-state index is 12.5. The van der Waals surface area contributed by atoms with Crippen LogP contribution in [0.15, 0.2) is 24.4 Å². The van der Waals surface area contributed by atoms with Gasteiger partial charge < -0.3 is 14.4 Å². The molecule has 0 N–H and O–H groups in total. The summed E-state index contributed by atoms with van der Waals surface area (Å²) in [4.78, 5) is 26.7. The molecule has 0 aliphatic carbocycles. The maximum Gasteiger partial charge on any atom is 0.410 e. The van der Waals surface area contributed by atoms with Gasteiger partial charge in [0.2, 0.25) is 0 Å². The topological polar surface area (TPSA) is 86.6 Å². The van der Waals surface area contributed by atoms with Gasteiger partial charge in [0, 0.05) is 26.3 Å². The summed E-state index contributed by atoms with van der Waals surface area (Å²) >= 11 is 0. The van der Waals surface area contributed by atoms with Crippen LogP contribution < -0.4 is 0 Å². The van der Waals surface area contributed by atoms with E-state index in [0.717, 1.165) is 36.1 Å². The minimum atomic E-state index is -0.524. The van der Waals surface area contributed by atoms with Gasteiger partial charge in [-0.05, 0) is 69.6 Å². The minimum absolute atomic E-state index is 0.0130. The molecule has 0 radical (unpaired) electrons. The standard InChI is InChI=1S/C24H34N4O4/c1-6-31-22(29)14-17(10-11-19-16-27(5)26-25-19)20-9-7-8-18-15-28(13-12-21(18)20)23(30)32-24(2,3)4/h7-9,16-17H,6,10-15H2,1-5H3. The van der Waals surface area contributed by atoms with Crippen LogP contribution in [-0.2, 0) is 40.7 Å². The molecule has 0 saturated carbocycles. The first-order valence-electron chi connectivity index (χ1n) is 11.3. The Balaban J connectivity index is 1.80. The Hall–Kier alpha value is -2.90. The number of esters is 1. The molecule has 1 amide bonds. The van der Waals surface area contributed by atoms with Crippen molar-refractivity contribution >= 4 is 12.1 Å². The van der Waals surface area contributed by atoms with Crippen molar-refractivity contribution in [1.29, 1.82) is 0 Å². The Morgan fingerprint density at radius 3 is 2.69 bits per heavy atom. The van der Waals surface area contributed by atoms with Gasteiger partial charge in [0.05, 0.1) is 18.7 Å². The minimum Gasteiger partial charge on any atom is -0.466 e. The second-order valence-corrected chi connectivity index (χ2v) is 9.27. The van der Waals surface area contributed by atoms with Crippen LogP contribution in [0, 0.1) is 0 Å². The third-order valence-electron chi connectivity index (χ3n) is 5.51. The second kappa shape index (κ2) is 10.1. The number of benzene rings is 1. The zero-order chi connectivity index (χ0) is 23.3. The normalized spacial score (nSPS) is 14.6. The summed E-state index contributed by atoms with van der Waals surface area (Å²) in [5.41, 5.74) is 3.86. The molecule has 0 saturated heterocycles. The first kappa shape index (κ1) is 23.8. The average molecular weight is 443 g/mol. The van der Waals surface area contributed by atoms with Crippen molar-refractivity contribution in [2.24, 2.45) is 7.05 Å². The molecule has 0 fully saturated rings. The zero-order valence-corrected chi connectivity index (χ0v) is 19.8. The quantitative estimate of drug-likeness (QED) is 0.607. The lowest BCUT2D eigenvalue weighted by Crippen LogP contribution is -2.40. The van der Waals surface area contributed by atoms with Gasteiger partial charge in [-0.15, -0.1) is 5.10 Å². The Kier molecular flexibility index (Phi) is 7.53. The number of nitrogens with zero attached hydrogens (tertiary/aromatic N) is 4. The number of hydrogen-bond acceptors (Lipinski definition) is 6. The molecule has 8 heteroatoms. The lowest BCUT2D eigenvalue weighted by atomic mass is 9.83. The lowest BCUT2D eigenvalue weighted by molar-refractivity contribution is -0.143. The van der Waals surface area contributed by atoms with Crippen molar-refractivity contribution in [2.75, 3.05) is 13.2 Å². The van der Waals surface area contributed by atoms with Crippen LogP contribution in [0.2, 0.25) is 0 Å². The van der Waals surface area contributed by atoms with Gasteiger partial charge in [0.25, 0.3) is 0 Å². The zero-order valence-electron chi connectivity index (χ0n) is 19.8. The molecule has 1 unspecified atom stereocenters. The average Bonchev–Trinajstić information content (AvgIpc) is 3.14. The highest BCUT2D eigenvalue weighted by atomic mass is 16.6. The number of amides is 1. The van der Waals surface area contributed by atoms with Crippen molar-refractivity contribution < 1.29 is 19.1 Å². The Labute approximate surface area is 189 Å². The van der Waals surface area contributed by atoms with E-state index >= 15 is 0 Å². The first-order chi connectivity index (χ1) is 15.2. The molecule has 2 heterocycles. The van der Waals surface area contributed by atoms with Gasteiger partial charge >= 0.3 is 12.1 Å². The van der Waals surface area contributed by atoms with Crippen LogP contribution in [0.25, 0.3) is 0 Å². The highest BCUT2D eigenvalue weighted by Crippen LogP contribution is 2.33. The van der Waals surface area contributed by atoms with E-state index in [0.29, 0.717) is 26.1 Å². The molecule has 0 bridgehead atoms. The van der Waals surface area contributed by atoms with E-state index < -0.39 is 5.60 Å². The molecular weight excluding hydrogens is 408 g/mol. The maximum absolute atomic E-state index is 12.5. The van der Waals surface area contributed by atoms with Crippen molar-refractivity contribution in [3.05, 3.63) is 46.8 Å². The highest BCUT2D eigenvalue weighted by molar-refractivity contribution is 5.71. The summed E-state index contributed by atoms with van der Waals surface area (Å²) < 4.78 is 12.5. The number of fused-ring (bicyclic) bond motifs is 1. The van der Waals surface area contributed by atoms with E-state index in [1.54, 1.807) is 9.58 Å². The third kappa shape index (κ3) is 6.31. The number of aryl methyl sites for hydroxylation is 2. The fourth-order valence-corrected chi connectivity index (χ4v) is 4.12. The fraction of sp³-hybridized carbons (Fsp3) is 0.583. The summed E-state index contributed by atoms with van der Waals surface area (Å²) in [5.74, 6) is -0.181. The second-order valence-electron chi connectivity index (χ2n) is 9.27. The van der Waals surface area contributed by atoms with E-state index in [-0.39, 0.29) is 18.0 Å². The van der Waals surface area contributed by atoms with Gasteiger partial charge in [-0.1, -0.05) is 23.4 Å². The van der Waals surface area contributed by atoms with Gasteiger partial charge in [0.15, 0.2) is 0 Å². The predicted octanol–water partition coefficient (Wildman–Crippen LogP) is 3.78. The number of carbonyl (C=O) groups excluding carboxylic acids is 2. The van der Waals surface area contributed by atoms with Gasteiger partial charge in [-0.25, -0.2) is 4.79 Å². The Morgan fingerprint density at radius 2 is 2.03 bits per heavy atom. The van der Waals surface area contributed by atoms with Crippen molar-refractivity contribution in [3.8, 4) is 0 Å². The Bertz CT molecular complexity index is 948. The fourth-order valence-electron chi connectivity index (χ4n) is 4.12. The monoisotopic (exact) mass is 442 g/mol. The Morgan fingerprint density at radius 1 is 1.25 bits per heavy atom. The van der Waals surface area contributed by atoms with E-state index in [1.807, 2.05) is 47.0 Å². The molecule has 174 valence electrons. The van der Waals surface area contributed by atoms with Crippen LogP contribution in [0.1, 0.15) is 68.8 Å². The van der Waals surface area contributed by atoms with Crippen molar-refractivity contribution in [2.45, 2.75) is 71.4 Å². The van der Waals surface area contributed by atoms with Crippen LogP contribution >= 0.6 is 0 Å². The van der Waals surface area contributed by atoms with Crippen molar-refractivity contribution in [1.82, 2.24) is 19.9 Å². The lowest BCUT2D eigenvalue weighted by Gasteiger charge is -2.33. The molecule has 1 aromatic heterocycles. The molecule has 1 aliphatic rings. The van der Waals surface area contributed by atoms with Crippen LogP contribution in [0.5, 0.6) is 0 Å². The molecule has 1 aromatic carbocycles. The van der Waals surface area contributed by atoms with E-state index in [9.17, 15) is 9.59 Å². The van der Waals surface area contributed by atoms with Crippen LogP contribution in [0.4, 0.5) is 4.79 Å². The number of ether oxygens (including phenoxy) is 2. The number of hydrogen-bond donors (Lipinski definition) is 0. The first-order valence-corrected chi connectivity index (χ1v) is 11.3. The van der Waals surface area contributed by atoms with Gasteiger partial charge in [-0.2, -0.15) is 0 Å². The van der Waals surface area contributed by atoms with Crippen LogP contribution in [-0.4, -0.2) is 50.7 Å². The molecule has 1 aliphatic heterocycles. The van der Waals surface area contributed by atoms with E-state index in [2.05, 4.69) is 22.4 Å². The van der Waals surface area contributed by atoms with Crippen molar-refractivity contribution in [3.63, 3.8) is 0 Å². The molecule has 1 atom stereocenters. The summed E-state index contributed by atoms with van der Waals surface area (Å²) in [6.07, 6.45) is 4.16. The van der Waals surface area contributed by atoms with Gasteiger partial charge in [-0.3, -0.25) is 9.48 Å². The number of aromatic nitrogens is 3. The molecule has 32 heavy (non-hydrogen) atoms. The molecule has 2 aromatic rings. The third-order valence-corrected chi connectivity index (χ3v) is 5.51. The molecular formula is C24H34N4O4. The largest absolute Gasteiger partial charge is 0.466 e. The SMILES string of the molecule is CCOC(=O)CC(CCc1cn(C)nn1)c1cccc2c1CCN(C(=O)OC(C)(C)C)C2. The summed E-state index contributed by atoms with van der Waals surface area (Å²) in [5, 5.41) is 8.19. The molecule has 0 spiro atoms. The summed E-state index contributed by atoms with van der Waals surface area (Å²) in [7, 11) is 1.84. The predicted molar refractivity (Wildman–Crippen MR) is 120 cm³/mol. The van der Waals surface area contributed by atoms with Crippen LogP contribution in [0.3, 0.4) is 0 Å². The van der Waals surface area contributed by atoms with E-state index in [1.165, 1.54) is 5.56 Å². The summed E-state index contributed by atoms with van der Waals surface area (Å²) in [6, 6.07) is 6.16. The smallest absolute Gasteiger partial charge is 0.410 e. The molecule has 8 nitrogen and oxygen atoms in total.